The molecule has 0 aliphatic carbocycles. The second-order valence-corrected chi connectivity index (χ2v) is 21.3. The molecule has 0 rings (SSSR count). The van der Waals surface area contributed by atoms with Gasteiger partial charge in [-0.2, -0.15) is 0 Å². The third-order valence-corrected chi connectivity index (χ3v) is 13.5. The minimum atomic E-state index is -0.810. The summed E-state index contributed by atoms with van der Waals surface area (Å²) in [5.41, 5.74) is 0. The van der Waals surface area contributed by atoms with E-state index in [4.69, 9.17) is 14.2 Å². The Morgan fingerprint density at radius 1 is 0.259 bits per heavy atom. The van der Waals surface area contributed by atoms with Gasteiger partial charge in [0.15, 0.2) is 6.10 Å². The molecule has 0 saturated heterocycles. The summed E-state index contributed by atoms with van der Waals surface area (Å²) in [4.78, 5) is 38.3. The molecule has 0 heterocycles. The van der Waals surface area contributed by atoms with E-state index in [0.29, 0.717) is 19.3 Å². The zero-order valence-electron chi connectivity index (χ0n) is 52.2. The molecule has 0 aromatic carbocycles. The Labute approximate surface area is 499 Å². The van der Waals surface area contributed by atoms with Crippen molar-refractivity contribution in [2.24, 2.45) is 0 Å². The SMILES string of the molecule is CC/C=C\C/C=C\C/C=C\C/C=C\C/C=C\C/C=C\C/C=C\CCCCCCCCCCCC(=O)OCC(COC(=O)CCCC/C=C\C/C=C\C/C=C\C/C=C\CC)OC(=O)CCCCCCCCC/C=C\C/C=C\CCCCC. The van der Waals surface area contributed by atoms with Crippen LogP contribution in [0.5, 0.6) is 0 Å². The maximum Gasteiger partial charge on any atom is 0.306 e. The van der Waals surface area contributed by atoms with Crippen molar-refractivity contribution >= 4 is 17.9 Å². The molecule has 6 nitrogen and oxygen atoms in total. The van der Waals surface area contributed by atoms with Crippen molar-refractivity contribution in [2.45, 2.75) is 284 Å². The minimum Gasteiger partial charge on any atom is -0.462 e. The lowest BCUT2D eigenvalue weighted by molar-refractivity contribution is -0.167. The van der Waals surface area contributed by atoms with E-state index in [9.17, 15) is 14.4 Å². The van der Waals surface area contributed by atoms with Crippen molar-refractivity contribution in [1.82, 2.24) is 0 Å². The van der Waals surface area contributed by atoms with Gasteiger partial charge in [-0.15, -0.1) is 0 Å². The summed E-state index contributed by atoms with van der Waals surface area (Å²) in [5, 5.41) is 0. The largest absolute Gasteiger partial charge is 0.462 e. The van der Waals surface area contributed by atoms with Crippen LogP contribution in [0.25, 0.3) is 0 Å². The lowest BCUT2D eigenvalue weighted by Gasteiger charge is -2.18. The highest BCUT2D eigenvalue weighted by Gasteiger charge is 2.19. The van der Waals surface area contributed by atoms with Crippen LogP contribution < -0.4 is 0 Å². The van der Waals surface area contributed by atoms with Crippen molar-refractivity contribution in [3.05, 3.63) is 158 Å². The van der Waals surface area contributed by atoms with Crippen LogP contribution >= 0.6 is 0 Å². The maximum atomic E-state index is 12.9. The van der Waals surface area contributed by atoms with Gasteiger partial charge < -0.3 is 14.2 Å². The number of hydrogen-bond donors (Lipinski definition) is 0. The number of hydrogen-bond acceptors (Lipinski definition) is 6. The molecule has 0 aliphatic rings. The molecule has 81 heavy (non-hydrogen) atoms. The van der Waals surface area contributed by atoms with Gasteiger partial charge in [0.2, 0.25) is 0 Å². The topological polar surface area (TPSA) is 78.9 Å². The van der Waals surface area contributed by atoms with Crippen molar-refractivity contribution in [1.29, 1.82) is 0 Å². The average molecular weight is 1120 g/mol. The summed E-state index contributed by atoms with van der Waals surface area (Å²) >= 11 is 0. The van der Waals surface area contributed by atoms with Gasteiger partial charge in [0.05, 0.1) is 0 Å². The van der Waals surface area contributed by atoms with Gasteiger partial charge in [0.25, 0.3) is 0 Å². The molecule has 1 unspecified atom stereocenters. The fourth-order valence-electron chi connectivity index (χ4n) is 8.62. The number of carbonyl (C=O) groups excluding carboxylic acids is 3. The van der Waals surface area contributed by atoms with Crippen LogP contribution in [0.2, 0.25) is 0 Å². The molecule has 0 aliphatic heterocycles. The molecule has 0 aromatic rings. The third-order valence-electron chi connectivity index (χ3n) is 13.5. The summed E-state index contributed by atoms with van der Waals surface area (Å²) < 4.78 is 16.9. The first kappa shape index (κ1) is 76.0. The normalized spacial score (nSPS) is 13.2. The summed E-state index contributed by atoms with van der Waals surface area (Å²) in [6, 6.07) is 0. The molecular formula is C75H120O6. The fourth-order valence-corrected chi connectivity index (χ4v) is 8.62. The zero-order valence-corrected chi connectivity index (χ0v) is 52.2. The Morgan fingerprint density at radius 3 is 0.778 bits per heavy atom. The van der Waals surface area contributed by atoms with Crippen LogP contribution in [0.15, 0.2) is 158 Å². The van der Waals surface area contributed by atoms with E-state index in [1.54, 1.807) is 0 Å². The Bertz CT molecular complexity index is 1810. The zero-order chi connectivity index (χ0) is 58.5. The lowest BCUT2D eigenvalue weighted by atomic mass is 10.1. The Kier molecular flexibility index (Phi) is 63.4. The predicted octanol–water partition coefficient (Wildman–Crippen LogP) is 22.9. The molecule has 0 bridgehead atoms. The molecule has 0 aromatic heterocycles. The van der Waals surface area contributed by atoms with Crippen LogP contribution in [0.3, 0.4) is 0 Å². The highest BCUT2D eigenvalue weighted by atomic mass is 16.6. The van der Waals surface area contributed by atoms with Gasteiger partial charge in [-0.25, -0.2) is 0 Å². The molecule has 0 fully saturated rings. The number of rotatable bonds is 58. The first-order valence-electron chi connectivity index (χ1n) is 33.0. The van der Waals surface area contributed by atoms with Crippen LogP contribution in [0, 0.1) is 0 Å². The van der Waals surface area contributed by atoms with Gasteiger partial charge in [-0.3, -0.25) is 14.4 Å². The van der Waals surface area contributed by atoms with Crippen molar-refractivity contribution in [3.8, 4) is 0 Å². The number of carbonyl (C=O) groups is 3. The second-order valence-electron chi connectivity index (χ2n) is 21.3. The standard InChI is InChI=1S/C75H120O6/c1-4-7-10-13-16-19-22-25-28-30-31-32-33-34-35-36-37-38-39-40-41-42-43-45-47-50-53-56-59-62-65-68-74(77)80-71-72(70-79-73(76)67-64-61-58-55-52-49-46-27-24-21-18-15-12-9-6-3)81-75(78)69-66-63-60-57-54-51-48-44-29-26-23-20-17-14-11-8-5-2/h7,9-10,12,16-21,25-29,31-32,34-35,37-38,40-41,46,52,55,72H,4-6,8,11,13-15,22-24,30,33,36,39,42-45,47-51,53-54,56-71H2,1-3H3/b10-7-,12-9-,19-16-,20-17-,21-18-,28-25-,29-26-,32-31-,35-34-,38-37-,41-40-,46-27-,55-52-. The van der Waals surface area contributed by atoms with Crippen molar-refractivity contribution in [2.75, 3.05) is 13.2 Å². The Balaban J connectivity index is 4.37. The van der Waals surface area contributed by atoms with E-state index in [0.717, 1.165) is 148 Å². The monoisotopic (exact) mass is 1120 g/mol. The average Bonchev–Trinajstić information content (AvgIpc) is 3.47. The maximum absolute atomic E-state index is 12.9. The Hall–Kier alpha value is -4.97. The summed E-state index contributed by atoms with van der Waals surface area (Å²) in [7, 11) is 0. The van der Waals surface area contributed by atoms with E-state index >= 15 is 0 Å². The molecule has 0 radical (unpaired) electrons. The number of ether oxygens (including phenoxy) is 3. The molecule has 0 saturated carbocycles. The number of unbranched alkanes of at least 4 members (excludes halogenated alkanes) is 21. The molecule has 456 valence electrons. The predicted molar refractivity (Wildman–Crippen MR) is 352 cm³/mol. The van der Waals surface area contributed by atoms with Gasteiger partial charge in [-0.1, -0.05) is 269 Å². The minimum absolute atomic E-state index is 0.103. The van der Waals surface area contributed by atoms with Crippen molar-refractivity contribution in [3.63, 3.8) is 0 Å². The van der Waals surface area contributed by atoms with E-state index in [2.05, 4.69) is 179 Å². The fraction of sp³-hybridized carbons (Fsp3) is 0.613. The summed E-state index contributed by atoms with van der Waals surface area (Å²) in [6.45, 7) is 6.34. The van der Waals surface area contributed by atoms with Crippen LogP contribution in [0.4, 0.5) is 0 Å². The first-order chi connectivity index (χ1) is 40.0. The molecule has 6 heteroatoms. The number of allylic oxidation sites excluding steroid dienone is 26. The highest BCUT2D eigenvalue weighted by Crippen LogP contribution is 2.15. The lowest BCUT2D eigenvalue weighted by Crippen LogP contribution is -2.30. The highest BCUT2D eigenvalue weighted by molar-refractivity contribution is 5.71. The van der Waals surface area contributed by atoms with E-state index in [1.165, 1.54) is 89.9 Å². The number of esters is 3. The quantitative estimate of drug-likeness (QED) is 0.0261. The van der Waals surface area contributed by atoms with Gasteiger partial charge in [0.1, 0.15) is 13.2 Å². The van der Waals surface area contributed by atoms with Crippen LogP contribution in [0.1, 0.15) is 278 Å². The van der Waals surface area contributed by atoms with Gasteiger partial charge >= 0.3 is 17.9 Å². The summed E-state index contributed by atoms with van der Waals surface area (Å²) in [5.74, 6) is -0.961. The van der Waals surface area contributed by atoms with E-state index < -0.39 is 6.10 Å². The molecule has 0 N–H and O–H groups in total. The molecule has 1 atom stereocenters. The molecule has 0 amide bonds. The smallest absolute Gasteiger partial charge is 0.306 e. The van der Waals surface area contributed by atoms with Gasteiger partial charge in [0, 0.05) is 19.3 Å². The van der Waals surface area contributed by atoms with E-state index in [-0.39, 0.29) is 31.1 Å². The molecular weight excluding hydrogens is 997 g/mol. The van der Waals surface area contributed by atoms with Crippen LogP contribution in [-0.4, -0.2) is 37.2 Å². The molecule has 0 spiro atoms. The summed E-state index contributed by atoms with van der Waals surface area (Å²) in [6.07, 6.45) is 98.2. The van der Waals surface area contributed by atoms with Gasteiger partial charge in [-0.05, 0) is 148 Å². The first-order valence-corrected chi connectivity index (χ1v) is 33.0. The van der Waals surface area contributed by atoms with Crippen molar-refractivity contribution < 1.29 is 28.6 Å². The Morgan fingerprint density at radius 2 is 0.481 bits per heavy atom. The second kappa shape index (κ2) is 67.5. The van der Waals surface area contributed by atoms with Crippen LogP contribution in [-0.2, 0) is 28.6 Å². The van der Waals surface area contributed by atoms with E-state index in [1.807, 2.05) is 0 Å². The third kappa shape index (κ3) is 65.7.